The molecule has 1 aromatic carbocycles. The molecule has 1 saturated heterocycles. The van der Waals surface area contributed by atoms with Crippen molar-refractivity contribution in [3.63, 3.8) is 0 Å². The van der Waals surface area contributed by atoms with Crippen LogP contribution in [0.1, 0.15) is 24.8 Å². The molecule has 0 atom stereocenters. The van der Waals surface area contributed by atoms with Gasteiger partial charge < -0.3 is 20.4 Å². The number of carbonyl (C=O) groups excluding carboxylic acids is 1. The second-order valence-corrected chi connectivity index (χ2v) is 8.17. The van der Waals surface area contributed by atoms with E-state index in [1.165, 1.54) is 18.4 Å². The lowest BCUT2D eigenvalue weighted by Gasteiger charge is -2.34. The third-order valence-corrected chi connectivity index (χ3v) is 6.16. The van der Waals surface area contributed by atoms with E-state index in [2.05, 4.69) is 60.8 Å². The Labute approximate surface area is 206 Å². The number of halogens is 1. The van der Waals surface area contributed by atoms with Crippen molar-refractivity contribution < 1.29 is 4.79 Å². The Morgan fingerprint density at radius 3 is 2.34 bits per heavy atom. The summed E-state index contributed by atoms with van der Waals surface area (Å²) in [5.74, 6) is 1.65. The molecule has 4 rings (SSSR count). The molecule has 1 aromatic heterocycles. The first-order chi connectivity index (χ1) is 15.2. The first-order valence-corrected chi connectivity index (χ1v) is 11.0. The van der Waals surface area contributed by atoms with Crippen molar-refractivity contribution >= 4 is 41.8 Å². The minimum absolute atomic E-state index is 0. The molecule has 9 heteroatoms. The Hall–Kier alpha value is -2.43. The molecule has 1 amide bonds. The van der Waals surface area contributed by atoms with Crippen molar-refractivity contribution in [3.05, 3.63) is 54.4 Å². The van der Waals surface area contributed by atoms with Crippen LogP contribution in [-0.2, 0) is 10.2 Å². The maximum atomic E-state index is 12.6. The monoisotopic (exact) mass is 549 g/mol. The number of anilines is 1. The van der Waals surface area contributed by atoms with Crippen molar-refractivity contribution in [1.82, 2.24) is 25.5 Å². The lowest BCUT2D eigenvalue weighted by molar-refractivity contribution is -0.131. The largest absolute Gasteiger partial charge is 0.356 e. The van der Waals surface area contributed by atoms with Gasteiger partial charge in [0.1, 0.15) is 0 Å². The van der Waals surface area contributed by atoms with Gasteiger partial charge in [-0.15, -0.1) is 24.0 Å². The molecular formula is C23H32IN7O. The highest BCUT2D eigenvalue weighted by Gasteiger charge is 2.44. The minimum atomic E-state index is 0. The first-order valence-electron chi connectivity index (χ1n) is 11.0. The summed E-state index contributed by atoms with van der Waals surface area (Å²) in [5, 5.41) is 6.73. The van der Waals surface area contributed by atoms with Gasteiger partial charge in [0.05, 0.1) is 0 Å². The molecule has 2 N–H and O–H groups in total. The molecule has 2 heterocycles. The Morgan fingerprint density at radius 1 is 1.03 bits per heavy atom. The van der Waals surface area contributed by atoms with Crippen LogP contribution < -0.4 is 15.5 Å². The van der Waals surface area contributed by atoms with E-state index in [1.54, 1.807) is 19.4 Å². The Kier molecular flexibility index (Phi) is 8.66. The van der Waals surface area contributed by atoms with Crippen LogP contribution in [0.5, 0.6) is 0 Å². The highest BCUT2D eigenvalue weighted by Crippen LogP contribution is 2.47. The fourth-order valence-electron chi connectivity index (χ4n) is 4.04. The van der Waals surface area contributed by atoms with Crippen LogP contribution in [-0.4, -0.2) is 73.1 Å². The fraction of sp³-hybridized carbons (Fsp3) is 0.478. The van der Waals surface area contributed by atoms with Gasteiger partial charge in [-0.25, -0.2) is 9.97 Å². The van der Waals surface area contributed by atoms with Crippen LogP contribution in [0, 0.1) is 0 Å². The Bertz CT molecular complexity index is 882. The molecule has 2 aliphatic rings. The molecule has 1 saturated carbocycles. The number of guanidine groups is 1. The summed E-state index contributed by atoms with van der Waals surface area (Å²) in [7, 11) is 1.77. The van der Waals surface area contributed by atoms with Gasteiger partial charge in [-0.3, -0.25) is 9.79 Å². The lowest BCUT2D eigenvalue weighted by Crippen LogP contribution is -2.50. The summed E-state index contributed by atoms with van der Waals surface area (Å²) >= 11 is 0. The number of nitrogens with zero attached hydrogens (tertiary/aromatic N) is 5. The van der Waals surface area contributed by atoms with Crippen molar-refractivity contribution in [2.24, 2.45) is 4.99 Å². The zero-order chi connectivity index (χ0) is 21.5. The molecule has 2 fully saturated rings. The van der Waals surface area contributed by atoms with Crippen LogP contribution >= 0.6 is 24.0 Å². The van der Waals surface area contributed by atoms with Crippen LogP contribution in [0.2, 0.25) is 0 Å². The van der Waals surface area contributed by atoms with Gasteiger partial charge in [0.15, 0.2) is 5.96 Å². The number of hydrogen-bond donors (Lipinski definition) is 2. The van der Waals surface area contributed by atoms with Crippen LogP contribution in [0.25, 0.3) is 0 Å². The summed E-state index contributed by atoms with van der Waals surface area (Å²) in [6, 6.07) is 12.5. The van der Waals surface area contributed by atoms with Crippen molar-refractivity contribution in [3.8, 4) is 0 Å². The predicted octanol–water partition coefficient (Wildman–Crippen LogP) is 2.03. The average molecular weight is 549 g/mol. The van der Waals surface area contributed by atoms with E-state index in [1.807, 2.05) is 11.0 Å². The van der Waals surface area contributed by atoms with E-state index in [9.17, 15) is 4.79 Å². The van der Waals surface area contributed by atoms with E-state index in [0.29, 0.717) is 26.1 Å². The highest BCUT2D eigenvalue weighted by atomic mass is 127. The maximum absolute atomic E-state index is 12.6. The Morgan fingerprint density at radius 2 is 1.72 bits per heavy atom. The maximum Gasteiger partial charge on any atom is 0.225 e. The zero-order valence-corrected chi connectivity index (χ0v) is 20.9. The van der Waals surface area contributed by atoms with E-state index < -0.39 is 0 Å². The average Bonchev–Trinajstić information content (AvgIpc) is 3.63. The molecular weight excluding hydrogens is 517 g/mol. The molecule has 8 nitrogen and oxygen atoms in total. The van der Waals surface area contributed by atoms with Crippen molar-refractivity contribution in [1.29, 1.82) is 0 Å². The SMILES string of the molecule is CN=C(NCCC(=O)N1CCN(c2ncccn2)CC1)NCC1(c2ccccc2)CC1.I. The summed E-state index contributed by atoms with van der Waals surface area (Å²) < 4.78 is 0. The van der Waals surface area contributed by atoms with E-state index in [0.717, 1.165) is 31.5 Å². The molecule has 32 heavy (non-hydrogen) atoms. The van der Waals surface area contributed by atoms with E-state index in [-0.39, 0.29) is 35.3 Å². The van der Waals surface area contributed by atoms with Gasteiger partial charge in [-0.2, -0.15) is 0 Å². The van der Waals surface area contributed by atoms with Gasteiger partial charge in [0, 0.05) is 70.5 Å². The summed E-state index contributed by atoms with van der Waals surface area (Å²) in [5.41, 5.74) is 1.60. The van der Waals surface area contributed by atoms with Crippen LogP contribution in [0.15, 0.2) is 53.8 Å². The number of piperazine rings is 1. The number of benzene rings is 1. The smallest absolute Gasteiger partial charge is 0.225 e. The van der Waals surface area contributed by atoms with Gasteiger partial charge >= 0.3 is 0 Å². The van der Waals surface area contributed by atoms with Gasteiger partial charge in [-0.1, -0.05) is 30.3 Å². The van der Waals surface area contributed by atoms with E-state index >= 15 is 0 Å². The number of rotatable bonds is 7. The van der Waals surface area contributed by atoms with Crippen LogP contribution in [0.3, 0.4) is 0 Å². The quantitative estimate of drug-likeness (QED) is 0.313. The second-order valence-electron chi connectivity index (χ2n) is 8.17. The first kappa shape index (κ1) is 24.2. The van der Waals surface area contributed by atoms with Gasteiger partial charge in [-0.05, 0) is 24.5 Å². The fourth-order valence-corrected chi connectivity index (χ4v) is 4.04. The molecule has 0 unspecified atom stereocenters. The Balaban J connectivity index is 0.00000289. The molecule has 1 aliphatic carbocycles. The molecule has 0 spiro atoms. The molecule has 172 valence electrons. The van der Waals surface area contributed by atoms with Crippen LogP contribution in [0.4, 0.5) is 5.95 Å². The molecule has 2 aromatic rings. The minimum Gasteiger partial charge on any atom is -0.356 e. The molecule has 1 aliphatic heterocycles. The van der Waals surface area contributed by atoms with Gasteiger partial charge in [0.25, 0.3) is 0 Å². The number of aromatic nitrogens is 2. The number of nitrogens with one attached hydrogen (secondary N) is 2. The number of aliphatic imine (C=N–C) groups is 1. The zero-order valence-electron chi connectivity index (χ0n) is 18.5. The number of amides is 1. The molecule has 0 radical (unpaired) electrons. The van der Waals surface area contributed by atoms with Gasteiger partial charge in [0.2, 0.25) is 11.9 Å². The van der Waals surface area contributed by atoms with Crippen molar-refractivity contribution in [2.45, 2.75) is 24.7 Å². The number of hydrogen-bond acceptors (Lipinski definition) is 5. The molecule has 0 bridgehead atoms. The predicted molar refractivity (Wildman–Crippen MR) is 138 cm³/mol. The standard InChI is InChI=1S/C23H31N7O.HI/c1-24-21(28-18-23(9-10-23)19-6-3-2-4-7-19)25-13-8-20(31)29-14-16-30(17-15-29)22-26-11-5-12-27-22;/h2-7,11-12H,8-10,13-18H2,1H3,(H2,24,25,28);1H. The summed E-state index contributed by atoms with van der Waals surface area (Å²) in [6.07, 6.45) is 6.33. The highest BCUT2D eigenvalue weighted by molar-refractivity contribution is 14.0. The van der Waals surface area contributed by atoms with Crippen molar-refractivity contribution in [2.75, 3.05) is 51.2 Å². The summed E-state index contributed by atoms with van der Waals surface area (Å²) in [6.45, 7) is 4.34. The lowest BCUT2D eigenvalue weighted by atomic mass is 9.96. The van der Waals surface area contributed by atoms with E-state index in [4.69, 9.17) is 0 Å². The number of carbonyl (C=O) groups is 1. The normalized spacial score (nSPS) is 17.3. The summed E-state index contributed by atoms with van der Waals surface area (Å²) in [4.78, 5) is 29.5. The second kappa shape index (κ2) is 11.4. The third kappa shape index (κ3) is 6.08. The topological polar surface area (TPSA) is 85.8 Å². The third-order valence-electron chi connectivity index (χ3n) is 6.16.